The number of halogens is 2. The van der Waals surface area contributed by atoms with Gasteiger partial charge in [-0.15, -0.1) is 0 Å². The number of pyridine rings is 1. The number of likely N-dealkylation sites (tertiary alicyclic amines) is 1. The second-order valence-corrected chi connectivity index (χ2v) is 9.85. The van der Waals surface area contributed by atoms with Crippen molar-refractivity contribution in [2.24, 2.45) is 0 Å². The first-order valence-electron chi connectivity index (χ1n) is 11.6. The molecule has 2 heterocycles. The van der Waals surface area contributed by atoms with Gasteiger partial charge in [-0.1, -0.05) is 48.0 Å². The van der Waals surface area contributed by atoms with E-state index in [1.165, 1.54) is 23.4 Å². The molecule has 0 saturated carbocycles. The molecule has 1 aromatic heterocycles. The van der Waals surface area contributed by atoms with Gasteiger partial charge in [0.25, 0.3) is 0 Å². The van der Waals surface area contributed by atoms with Crippen molar-refractivity contribution < 1.29 is 4.39 Å². The van der Waals surface area contributed by atoms with Gasteiger partial charge in [0.1, 0.15) is 5.82 Å². The highest BCUT2D eigenvalue weighted by atomic mass is 35.5. The lowest BCUT2D eigenvalue weighted by atomic mass is 9.80. The summed E-state index contributed by atoms with van der Waals surface area (Å²) in [5, 5.41) is 10.9. The Morgan fingerprint density at radius 3 is 2.64 bits per heavy atom. The van der Waals surface area contributed by atoms with E-state index < -0.39 is 11.2 Å². The van der Waals surface area contributed by atoms with E-state index in [9.17, 15) is 9.65 Å². The zero-order valence-electron chi connectivity index (χ0n) is 20.1. The Morgan fingerprint density at radius 1 is 1.33 bits per heavy atom. The van der Waals surface area contributed by atoms with Crippen LogP contribution in [0.15, 0.2) is 65.4 Å². The van der Waals surface area contributed by atoms with Crippen LogP contribution in [-0.4, -0.2) is 22.0 Å². The molecule has 0 N–H and O–H groups in total. The summed E-state index contributed by atoms with van der Waals surface area (Å²) >= 11 is 6.67. The van der Waals surface area contributed by atoms with Crippen LogP contribution < -0.4 is 0 Å². The SMILES string of the molecule is C/C=C\C(=C(/C)Cl)C(c1ccccc1C)N1C(C)CCC1CC(C)(C#N)c1ccc(F)cn1. The third-order valence-electron chi connectivity index (χ3n) is 6.85. The molecule has 1 aliphatic rings. The lowest BCUT2D eigenvalue weighted by Crippen LogP contribution is -2.42. The van der Waals surface area contributed by atoms with E-state index in [0.29, 0.717) is 18.2 Å². The van der Waals surface area contributed by atoms with Gasteiger partial charge >= 0.3 is 0 Å². The highest BCUT2D eigenvalue weighted by molar-refractivity contribution is 6.29. The van der Waals surface area contributed by atoms with Crippen LogP contribution in [-0.2, 0) is 5.41 Å². The number of rotatable bonds is 7. The molecule has 0 spiro atoms. The van der Waals surface area contributed by atoms with Gasteiger partial charge in [-0.05, 0) is 82.7 Å². The van der Waals surface area contributed by atoms with Gasteiger partial charge in [-0.2, -0.15) is 5.26 Å². The summed E-state index contributed by atoms with van der Waals surface area (Å²) in [7, 11) is 0. The van der Waals surface area contributed by atoms with Crippen LogP contribution in [0, 0.1) is 24.1 Å². The number of hydrogen-bond donors (Lipinski definition) is 0. The van der Waals surface area contributed by atoms with Gasteiger partial charge < -0.3 is 0 Å². The van der Waals surface area contributed by atoms with Crippen LogP contribution in [0.1, 0.15) is 69.8 Å². The Bertz CT molecular complexity index is 1070. The Kier molecular flexibility index (Phi) is 8.10. The highest BCUT2D eigenvalue weighted by Gasteiger charge is 2.43. The largest absolute Gasteiger partial charge is 0.287 e. The van der Waals surface area contributed by atoms with E-state index in [1.54, 1.807) is 6.07 Å². The molecule has 1 aromatic carbocycles. The number of nitriles is 1. The fourth-order valence-corrected chi connectivity index (χ4v) is 5.27. The Hall–Kier alpha value is -2.48. The molecule has 0 radical (unpaired) electrons. The molecule has 0 amide bonds. The van der Waals surface area contributed by atoms with E-state index >= 15 is 0 Å². The number of aryl methyl sites for hydroxylation is 1. The summed E-state index contributed by atoms with van der Waals surface area (Å²) in [5.41, 5.74) is 3.30. The maximum atomic E-state index is 13.5. The van der Waals surface area contributed by atoms with E-state index in [2.05, 4.69) is 60.1 Å². The third kappa shape index (κ3) is 5.37. The predicted octanol–water partition coefficient (Wildman–Crippen LogP) is 7.38. The van der Waals surface area contributed by atoms with Crippen molar-refractivity contribution in [3.05, 3.63) is 88.0 Å². The molecule has 174 valence electrons. The van der Waals surface area contributed by atoms with Gasteiger partial charge in [0.15, 0.2) is 0 Å². The minimum absolute atomic E-state index is 0.0217. The van der Waals surface area contributed by atoms with Crippen LogP contribution in [0.25, 0.3) is 0 Å². The molecule has 4 atom stereocenters. The van der Waals surface area contributed by atoms with Crippen LogP contribution in [0.5, 0.6) is 0 Å². The summed E-state index contributed by atoms with van der Waals surface area (Å²) in [6.45, 7) is 10.2. The average molecular weight is 466 g/mol. The molecule has 4 unspecified atom stereocenters. The highest BCUT2D eigenvalue weighted by Crippen LogP contribution is 2.44. The molecule has 0 bridgehead atoms. The van der Waals surface area contributed by atoms with Crippen molar-refractivity contribution in [3.8, 4) is 6.07 Å². The Labute approximate surface area is 202 Å². The second kappa shape index (κ2) is 10.6. The number of allylic oxidation sites excluding steroid dienone is 2. The molecule has 1 aliphatic heterocycles. The quantitative estimate of drug-likeness (QED) is 0.400. The van der Waals surface area contributed by atoms with Gasteiger partial charge in [0.05, 0.1) is 29.4 Å². The maximum Gasteiger partial charge on any atom is 0.141 e. The maximum absolute atomic E-state index is 13.5. The standard InChI is InChI=1S/C28H33ClFN3/c1-6-9-25(21(4)29)27(24-11-8-7-10-19(24)2)33-20(3)12-14-23(33)16-28(5,18-31)26-15-13-22(30)17-32-26/h6-11,13,15,17,20,23,27H,12,14,16H2,1-5H3/b9-6-,25-21-. The number of hydrogen-bond acceptors (Lipinski definition) is 3. The van der Waals surface area contributed by atoms with Crippen molar-refractivity contribution in [1.29, 1.82) is 5.26 Å². The summed E-state index contributed by atoms with van der Waals surface area (Å²) in [6, 6.07) is 14.4. The minimum Gasteiger partial charge on any atom is -0.287 e. The second-order valence-electron chi connectivity index (χ2n) is 9.29. The molecule has 33 heavy (non-hydrogen) atoms. The van der Waals surface area contributed by atoms with Gasteiger partial charge in [-0.25, -0.2) is 4.39 Å². The van der Waals surface area contributed by atoms with Crippen molar-refractivity contribution in [1.82, 2.24) is 9.88 Å². The van der Waals surface area contributed by atoms with E-state index in [-0.39, 0.29) is 12.1 Å². The molecule has 3 nitrogen and oxygen atoms in total. The molecule has 1 saturated heterocycles. The number of benzene rings is 1. The van der Waals surface area contributed by atoms with Crippen LogP contribution >= 0.6 is 11.6 Å². The summed E-state index contributed by atoms with van der Waals surface area (Å²) in [5.74, 6) is -0.395. The molecule has 3 rings (SSSR count). The fraction of sp³-hybridized carbons (Fsp3) is 0.429. The number of aromatic nitrogens is 1. The first kappa shape index (κ1) is 25.1. The Balaban J connectivity index is 2.09. The van der Waals surface area contributed by atoms with Crippen molar-refractivity contribution in [3.63, 3.8) is 0 Å². The zero-order valence-corrected chi connectivity index (χ0v) is 20.9. The van der Waals surface area contributed by atoms with Crippen molar-refractivity contribution in [2.45, 2.75) is 77.4 Å². The summed E-state index contributed by atoms with van der Waals surface area (Å²) < 4.78 is 13.5. The zero-order chi connectivity index (χ0) is 24.2. The number of nitrogens with zero attached hydrogens (tertiary/aromatic N) is 3. The smallest absolute Gasteiger partial charge is 0.141 e. The van der Waals surface area contributed by atoms with Crippen molar-refractivity contribution >= 4 is 11.6 Å². The van der Waals surface area contributed by atoms with E-state index in [1.807, 2.05) is 26.8 Å². The summed E-state index contributed by atoms with van der Waals surface area (Å²) in [4.78, 5) is 6.79. The van der Waals surface area contributed by atoms with Crippen LogP contribution in [0.4, 0.5) is 4.39 Å². The summed E-state index contributed by atoms with van der Waals surface area (Å²) in [6.07, 6.45) is 7.96. The molecule has 1 fully saturated rings. The van der Waals surface area contributed by atoms with Crippen molar-refractivity contribution in [2.75, 3.05) is 0 Å². The molecular formula is C28H33ClFN3. The monoisotopic (exact) mass is 465 g/mol. The molecule has 2 aromatic rings. The van der Waals surface area contributed by atoms with Crippen LogP contribution in [0.3, 0.4) is 0 Å². The molecule has 0 aliphatic carbocycles. The lowest BCUT2D eigenvalue weighted by Gasteiger charge is -2.40. The molecule has 5 heteroatoms. The normalized spacial score (nSPS) is 22.6. The topological polar surface area (TPSA) is 39.9 Å². The first-order valence-corrected chi connectivity index (χ1v) is 11.9. The fourth-order valence-electron chi connectivity index (χ4n) is 5.10. The van der Waals surface area contributed by atoms with Crippen LogP contribution in [0.2, 0.25) is 0 Å². The predicted molar refractivity (Wildman–Crippen MR) is 133 cm³/mol. The van der Waals surface area contributed by atoms with E-state index in [0.717, 1.165) is 23.4 Å². The minimum atomic E-state index is -0.822. The average Bonchev–Trinajstić information content (AvgIpc) is 3.14. The van der Waals surface area contributed by atoms with Gasteiger partial charge in [0, 0.05) is 17.1 Å². The van der Waals surface area contributed by atoms with Gasteiger partial charge in [0.2, 0.25) is 0 Å². The third-order valence-corrected chi connectivity index (χ3v) is 7.07. The lowest BCUT2D eigenvalue weighted by molar-refractivity contribution is 0.140. The molecular weight excluding hydrogens is 433 g/mol. The van der Waals surface area contributed by atoms with E-state index in [4.69, 9.17) is 11.6 Å². The Morgan fingerprint density at radius 2 is 2.06 bits per heavy atom. The van der Waals surface area contributed by atoms with Gasteiger partial charge in [-0.3, -0.25) is 9.88 Å². The first-order chi connectivity index (χ1) is 15.7.